The summed E-state index contributed by atoms with van der Waals surface area (Å²) in [5.41, 5.74) is 2.05. The van der Waals surface area contributed by atoms with Gasteiger partial charge < -0.3 is 5.32 Å². The number of carbonyl (C=O) groups excluding carboxylic acids is 1. The van der Waals surface area contributed by atoms with E-state index in [1.54, 1.807) is 24.3 Å². The number of amides is 1. The van der Waals surface area contributed by atoms with Gasteiger partial charge in [-0.15, -0.1) is 0 Å². The topological polar surface area (TPSA) is 92.3 Å². The van der Waals surface area contributed by atoms with Crippen LogP contribution in [0.15, 0.2) is 89.0 Å². The van der Waals surface area contributed by atoms with E-state index in [0.717, 1.165) is 29.5 Å². The van der Waals surface area contributed by atoms with Crippen molar-refractivity contribution in [2.45, 2.75) is 16.6 Å². The Labute approximate surface area is 210 Å². The van der Waals surface area contributed by atoms with E-state index in [2.05, 4.69) is 15.3 Å². The molecule has 182 valence electrons. The van der Waals surface area contributed by atoms with Crippen molar-refractivity contribution in [2.24, 2.45) is 0 Å². The molecular formula is C25H18F2N4O3S2. The molecule has 4 aromatic rings. The quantitative estimate of drug-likeness (QED) is 0.286. The number of hydrogen-bond donors (Lipinski definition) is 1. The summed E-state index contributed by atoms with van der Waals surface area (Å²) in [4.78, 5) is 20.8. The monoisotopic (exact) mass is 524 g/mol. The highest BCUT2D eigenvalue weighted by molar-refractivity contribution is 7.99. The molecule has 1 aromatic heterocycles. The van der Waals surface area contributed by atoms with E-state index in [1.165, 1.54) is 10.5 Å². The number of aromatic nitrogens is 2. The van der Waals surface area contributed by atoms with Crippen LogP contribution in [0.4, 0.5) is 20.2 Å². The smallest absolute Gasteiger partial charge is 0.268 e. The summed E-state index contributed by atoms with van der Waals surface area (Å²) >= 11 is 0.969. The Morgan fingerprint density at radius 3 is 2.53 bits per heavy atom. The molecule has 5 rings (SSSR count). The molecule has 7 nitrogen and oxygen atoms in total. The molecule has 1 aliphatic heterocycles. The molecule has 0 fully saturated rings. The first-order chi connectivity index (χ1) is 17.3. The van der Waals surface area contributed by atoms with E-state index < -0.39 is 27.6 Å². The van der Waals surface area contributed by atoms with E-state index >= 15 is 0 Å². The molecule has 1 amide bonds. The lowest BCUT2D eigenvalue weighted by molar-refractivity contribution is -0.113. The average Bonchev–Trinajstić information content (AvgIpc) is 2.87. The third kappa shape index (κ3) is 4.67. The second-order valence-corrected chi connectivity index (χ2v) is 10.6. The van der Waals surface area contributed by atoms with Crippen molar-refractivity contribution in [1.82, 2.24) is 9.97 Å². The van der Waals surface area contributed by atoms with Crippen molar-refractivity contribution >= 4 is 39.1 Å². The van der Waals surface area contributed by atoms with Crippen molar-refractivity contribution in [2.75, 3.05) is 15.4 Å². The largest absolute Gasteiger partial charge is 0.323 e. The van der Waals surface area contributed by atoms with Crippen LogP contribution in [0, 0.1) is 11.6 Å². The zero-order valence-electron chi connectivity index (χ0n) is 18.6. The number of nitrogens with zero attached hydrogens (tertiary/aromatic N) is 3. The molecule has 0 aliphatic carbocycles. The Kier molecular flexibility index (Phi) is 6.42. The second kappa shape index (κ2) is 9.67. The molecule has 0 saturated carbocycles. The number of nitrogens with one attached hydrogen (secondary N) is 1. The van der Waals surface area contributed by atoms with Crippen LogP contribution in [0.2, 0.25) is 0 Å². The average molecular weight is 525 g/mol. The number of halogens is 2. The molecule has 0 saturated heterocycles. The Morgan fingerprint density at radius 1 is 1.00 bits per heavy atom. The number of thioether (sulfide) groups is 1. The lowest BCUT2D eigenvalue weighted by Crippen LogP contribution is -2.34. The number of fused-ring (bicyclic) bond motifs is 3. The fourth-order valence-electron chi connectivity index (χ4n) is 3.77. The SMILES string of the molecule is O=C(CSc1ncc2c(n1)-c1ccccc1N(Cc1ccccc1)S2(=O)=O)Nc1ccc(F)cc1F. The van der Waals surface area contributed by atoms with Gasteiger partial charge >= 0.3 is 0 Å². The Bertz CT molecular complexity index is 1570. The summed E-state index contributed by atoms with van der Waals surface area (Å²) in [6.45, 7) is 0.149. The van der Waals surface area contributed by atoms with Crippen LogP contribution in [0.3, 0.4) is 0 Å². The van der Waals surface area contributed by atoms with Crippen LogP contribution in [-0.4, -0.2) is 30.0 Å². The number of anilines is 2. The second-order valence-electron chi connectivity index (χ2n) is 7.84. The number of rotatable bonds is 6. The van der Waals surface area contributed by atoms with Crippen LogP contribution in [0.5, 0.6) is 0 Å². The maximum atomic E-state index is 13.8. The van der Waals surface area contributed by atoms with Gasteiger partial charge in [0.2, 0.25) is 5.91 Å². The number of benzene rings is 3. The molecule has 0 unspecified atom stereocenters. The summed E-state index contributed by atoms with van der Waals surface area (Å²) in [7, 11) is -3.94. The van der Waals surface area contributed by atoms with Crippen LogP contribution in [0.1, 0.15) is 5.56 Å². The highest BCUT2D eigenvalue weighted by atomic mass is 32.2. The minimum absolute atomic E-state index is 0.0284. The first-order valence-corrected chi connectivity index (χ1v) is 13.2. The first kappa shape index (κ1) is 23.9. The first-order valence-electron chi connectivity index (χ1n) is 10.7. The fraction of sp³-hybridized carbons (Fsp3) is 0.0800. The molecule has 0 atom stereocenters. The molecule has 1 aliphatic rings. The summed E-state index contributed by atoms with van der Waals surface area (Å²) in [5.74, 6) is -2.35. The molecule has 36 heavy (non-hydrogen) atoms. The zero-order chi connectivity index (χ0) is 25.3. The number of carbonyl (C=O) groups is 1. The van der Waals surface area contributed by atoms with Crippen LogP contribution in [0.25, 0.3) is 11.3 Å². The van der Waals surface area contributed by atoms with Gasteiger partial charge in [-0.2, -0.15) is 0 Å². The van der Waals surface area contributed by atoms with Crippen molar-refractivity contribution < 1.29 is 22.0 Å². The summed E-state index contributed by atoms with van der Waals surface area (Å²) < 4.78 is 55.2. The normalized spacial score (nSPS) is 13.6. The van der Waals surface area contributed by atoms with Crippen LogP contribution >= 0.6 is 11.8 Å². The summed E-state index contributed by atoms with van der Waals surface area (Å²) in [5, 5.41) is 2.55. The van der Waals surface area contributed by atoms with E-state index in [0.29, 0.717) is 17.3 Å². The van der Waals surface area contributed by atoms with Crippen molar-refractivity contribution in [3.8, 4) is 11.3 Å². The number of hydrogen-bond acceptors (Lipinski definition) is 6. The lowest BCUT2D eigenvalue weighted by atomic mass is 10.1. The molecule has 0 radical (unpaired) electrons. The fourth-order valence-corrected chi connectivity index (χ4v) is 5.95. The van der Waals surface area contributed by atoms with E-state index in [4.69, 9.17) is 0 Å². The van der Waals surface area contributed by atoms with E-state index in [9.17, 15) is 22.0 Å². The molecular weight excluding hydrogens is 506 g/mol. The van der Waals surface area contributed by atoms with Gasteiger partial charge in [0, 0.05) is 11.6 Å². The summed E-state index contributed by atoms with van der Waals surface area (Å²) in [6, 6.07) is 19.2. The third-order valence-electron chi connectivity index (χ3n) is 5.44. The predicted molar refractivity (Wildman–Crippen MR) is 133 cm³/mol. The lowest BCUT2D eigenvalue weighted by Gasteiger charge is -2.31. The molecule has 3 aromatic carbocycles. The van der Waals surface area contributed by atoms with Crippen molar-refractivity contribution in [3.63, 3.8) is 0 Å². The summed E-state index contributed by atoms with van der Waals surface area (Å²) in [6.07, 6.45) is 1.24. The highest BCUT2D eigenvalue weighted by Crippen LogP contribution is 2.42. The van der Waals surface area contributed by atoms with E-state index in [1.807, 2.05) is 30.3 Å². The number of sulfonamides is 1. The predicted octanol–water partition coefficient (Wildman–Crippen LogP) is 4.86. The molecule has 2 heterocycles. The van der Waals surface area contributed by atoms with Crippen molar-refractivity contribution in [3.05, 3.63) is 96.2 Å². The van der Waals surface area contributed by atoms with Gasteiger partial charge in [0.25, 0.3) is 10.0 Å². The van der Waals surface area contributed by atoms with Gasteiger partial charge in [-0.25, -0.2) is 27.2 Å². The molecule has 1 N–H and O–H groups in total. The van der Waals surface area contributed by atoms with Gasteiger partial charge in [-0.1, -0.05) is 60.3 Å². The molecule has 0 spiro atoms. The van der Waals surface area contributed by atoms with E-state index in [-0.39, 0.29) is 33.7 Å². The van der Waals surface area contributed by atoms with Gasteiger partial charge in [-0.3, -0.25) is 9.10 Å². The number of para-hydroxylation sites is 1. The molecule has 0 bridgehead atoms. The maximum Gasteiger partial charge on any atom is 0.268 e. The third-order valence-corrected chi connectivity index (χ3v) is 8.06. The van der Waals surface area contributed by atoms with Gasteiger partial charge in [0.1, 0.15) is 16.5 Å². The Balaban J connectivity index is 1.40. The highest BCUT2D eigenvalue weighted by Gasteiger charge is 2.36. The Hall–Kier alpha value is -3.83. The maximum absolute atomic E-state index is 13.8. The van der Waals surface area contributed by atoms with Gasteiger partial charge in [0.15, 0.2) is 5.16 Å². The van der Waals surface area contributed by atoms with Crippen molar-refractivity contribution in [1.29, 1.82) is 0 Å². The molecule has 11 heteroatoms. The minimum Gasteiger partial charge on any atom is -0.323 e. The standard InChI is InChI=1S/C25H18F2N4O3S2/c26-17-10-11-20(19(27)12-17)29-23(32)15-35-25-28-13-22-24(30-25)18-8-4-5-9-21(18)31(36(22,33)34)14-16-6-2-1-3-7-16/h1-13H,14-15H2,(H,29,32). The zero-order valence-corrected chi connectivity index (χ0v) is 20.2. The van der Waals surface area contributed by atoms with Crippen LogP contribution in [-0.2, 0) is 21.4 Å². The Morgan fingerprint density at radius 2 is 1.75 bits per heavy atom. The minimum atomic E-state index is -3.94. The van der Waals surface area contributed by atoms with Crippen LogP contribution < -0.4 is 9.62 Å². The van der Waals surface area contributed by atoms with Gasteiger partial charge in [-0.05, 0) is 23.8 Å². The van der Waals surface area contributed by atoms with Gasteiger partial charge in [0.05, 0.1) is 35.6 Å².